The molecule has 4 nitrogen and oxygen atoms in total. The first kappa shape index (κ1) is 37.6. The van der Waals surface area contributed by atoms with E-state index in [9.17, 15) is 9.59 Å². The van der Waals surface area contributed by atoms with Gasteiger partial charge in [-0.2, -0.15) is 0 Å². The van der Waals surface area contributed by atoms with Crippen molar-refractivity contribution in [1.82, 2.24) is 0 Å². The molecule has 0 bridgehead atoms. The van der Waals surface area contributed by atoms with Crippen LogP contribution in [0.5, 0.6) is 0 Å². The summed E-state index contributed by atoms with van der Waals surface area (Å²) in [5.74, 6) is -0.910. The van der Waals surface area contributed by atoms with Crippen molar-refractivity contribution < 1.29 is 19.8 Å². The molecule has 0 fully saturated rings. The van der Waals surface area contributed by atoms with Crippen LogP contribution in [0.3, 0.4) is 0 Å². The van der Waals surface area contributed by atoms with Gasteiger partial charge in [-0.1, -0.05) is 119 Å². The summed E-state index contributed by atoms with van der Waals surface area (Å²) in [7, 11) is 0. The molecule has 0 aromatic carbocycles. The van der Waals surface area contributed by atoms with Crippen LogP contribution in [0.2, 0.25) is 0 Å². The maximum Gasteiger partial charge on any atom is 0.303 e. The highest BCUT2D eigenvalue weighted by Crippen LogP contribution is 2.21. The summed E-state index contributed by atoms with van der Waals surface area (Å²) in [4.78, 5) is 21.5. The Morgan fingerprint density at radius 1 is 0.500 bits per heavy atom. The van der Waals surface area contributed by atoms with Gasteiger partial charge < -0.3 is 10.2 Å². The first-order valence-electron chi connectivity index (χ1n) is 16.2. The minimum Gasteiger partial charge on any atom is -0.481 e. The first-order valence-corrected chi connectivity index (χ1v) is 16.2. The lowest BCUT2D eigenvalue weighted by atomic mass is 9.92. The maximum absolute atomic E-state index is 11.1. The van der Waals surface area contributed by atoms with Crippen LogP contribution in [0.25, 0.3) is 0 Å². The Labute approximate surface area is 246 Å². The lowest BCUT2D eigenvalue weighted by Gasteiger charge is -2.13. The van der Waals surface area contributed by atoms with Crippen LogP contribution in [0.4, 0.5) is 0 Å². The highest BCUT2D eigenvalue weighted by Gasteiger charge is 2.09. The number of rotatable bonds is 29. The van der Waals surface area contributed by atoms with Crippen LogP contribution >= 0.6 is 0 Å². The molecule has 0 aromatic heterocycles. The third-order valence-corrected chi connectivity index (χ3v) is 7.10. The molecule has 0 radical (unpaired) electrons. The van der Waals surface area contributed by atoms with Crippen LogP contribution in [-0.2, 0) is 9.59 Å². The quantitative estimate of drug-likeness (QED) is 0.0709. The van der Waals surface area contributed by atoms with Gasteiger partial charge in [0.15, 0.2) is 0 Å². The van der Waals surface area contributed by atoms with Gasteiger partial charge in [-0.25, -0.2) is 0 Å². The van der Waals surface area contributed by atoms with E-state index in [1.807, 2.05) is 0 Å². The molecule has 228 valence electrons. The monoisotopic (exact) mass is 556 g/mol. The molecular weight excluding hydrogens is 496 g/mol. The van der Waals surface area contributed by atoms with E-state index in [2.05, 4.69) is 67.7 Å². The van der Waals surface area contributed by atoms with E-state index in [-0.39, 0.29) is 6.42 Å². The fourth-order valence-electron chi connectivity index (χ4n) is 4.62. The first-order chi connectivity index (χ1) is 19.6. The van der Waals surface area contributed by atoms with Gasteiger partial charge >= 0.3 is 11.9 Å². The van der Waals surface area contributed by atoms with Gasteiger partial charge in [0.05, 0.1) is 0 Å². The summed E-state index contributed by atoms with van der Waals surface area (Å²) in [6.45, 7) is 2.23. The molecule has 0 saturated heterocycles. The number of aliphatic carboxylic acids is 2. The standard InChI is InChI=1S/C36H60O4/c1-2-3-4-5-6-7-8-14-17-20-23-26-29-34(32-33-36(39)40)30-27-24-21-18-15-12-10-9-11-13-16-19-22-25-28-31-35(37)38/h6-7,9,11-12,14-15,17,23,26,34H,2-5,8,10,13,16,18-22,24-25,27-33H2,1H3,(H,37,38)(H,39,40). The third-order valence-electron chi connectivity index (χ3n) is 7.10. The molecule has 0 amide bonds. The van der Waals surface area contributed by atoms with Crippen molar-refractivity contribution in [1.29, 1.82) is 0 Å². The molecule has 0 saturated carbocycles. The zero-order valence-electron chi connectivity index (χ0n) is 25.6. The Morgan fingerprint density at radius 2 is 0.950 bits per heavy atom. The Morgan fingerprint density at radius 3 is 1.50 bits per heavy atom. The second-order valence-corrected chi connectivity index (χ2v) is 10.9. The molecule has 0 heterocycles. The predicted octanol–water partition coefficient (Wildman–Crippen LogP) is 11.2. The van der Waals surface area contributed by atoms with E-state index in [0.717, 1.165) is 70.6 Å². The number of carboxylic acid groups (broad SMARTS) is 2. The minimum absolute atomic E-state index is 0.270. The van der Waals surface area contributed by atoms with Gasteiger partial charge in [-0.3, -0.25) is 9.59 Å². The molecule has 0 aliphatic rings. The molecule has 0 aromatic rings. The van der Waals surface area contributed by atoms with E-state index < -0.39 is 11.9 Å². The molecular formula is C36H60O4. The van der Waals surface area contributed by atoms with Gasteiger partial charge in [-0.15, -0.1) is 0 Å². The van der Waals surface area contributed by atoms with E-state index in [1.54, 1.807) is 0 Å². The third kappa shape index (κ3) is 31.9. The fourth-order valence-corrected chi connectivity index (χ4v) is 4.62. The highest BCUT2D eigenvalue weighted by molar-refractivity contribution is 5.66. The molecule has 2 N–H and O–H groups in total. The molecule has 1 unspecified atom stereocenters. The molecule has 0 aliphatic carbocycles. The predicted molar refractivity (Wildman–Crippen MR) is 172 cm³/mol. The molecule has 0 aliphatic heterocycles. The van der Waals surface area contributed by atoms with E-state index in [0.29, 0.717) is 12.3 Å². The zero-order chi connectivity index (χ0) is 29.4. The van der Waals surface area contributed by atoms with Gasteiger partial charge in [0.1, 0.15) is 0 Å². The van der Waals surface area contributed by atoms with Crippen molar-refractivity contribution in [2.24, 2.45) is 5.92 Å². The van der Waals surface area contributed by atoms with Crippen molar-refractivity contribution in [3.8, 4) is 0 Å². The Balaban J connectivity index is 3.87. The summed E-state index contributed by atoms with van der Waals surface area (Å²) in [5, 5.41) is 17.7. The largest absolute Gasteiger partial charge is 0.481 e. The molecule has 40 heavy (non-hydrogen) atoms. The number of hydrogen-bond acceptors (Lipinski definition) is 2. The van der Waals surface area contributed by atoms with Gasteiger partial charge in [0, 0.05) is 12.8 Å². The molecule has 0 spiro atoms. The van der Waals surface area contributed by atoms with E-state index >= 15 is 0 Å². The topological polar surface area (TPSA) is 74.6 Å². The van der Waals surface area contributed by atoms with Crippen molar-refractivity contribution in [3.63, 3.8) is 0 Å². The zero-order valence-corrected chi connectivity index (χ0v) is 25.6. The summed E-state index contributed by atoms with van der Waals surface area (Å²) in [5.41, 5.74) is 0. The lowest BCUT2D eigenvalue weighted by Crippen LogP contribution is -2.04. The summed E-state index contributed by atoms with van der Waals surface area (Å²) < 4.78 is 0. The summed E-state index contributed by atoms with van der Waals surface area (Å²) in [6.07, 6.45) is 45.1. The van der Waals surface area contributed by atoms with E-state index in [4.69, 9.17) is 10.2 Å². The number of allylic oxidation sites excluding steroid dienone is 10. The Bertz CT molecular complexity index is 729. The maximum atomic E-state index is 11.1. The van der Waals surface area contributed by atoms with Gasteiger partial charge in [0.2, 0.25) is 0 Å². The minimum atomic E-state index is -0.688. The fraction of sp³-hybridized carbons (Fsp3) is 0.667. The molecule has 0 rings (SSSR count). The van der Waals surface area contributed by atoms with E-state index in [1.165, 1.54) is 57.8 Å². The van der Waals surface area contributed by atoms with Crippen LogP contribution in [0.15, 0.2) is 60.8 Å². The van der Waals surface area contributed by atoms with Crippen LogP contribution < -0.4 is 0 Å². The highest BCUT2D eigenvalue weighted by atomic mass is 16.4. The number of carbonyl (C=O) groups is 2. The number of unbranched alkanes of at least 4 members (excludes halogenated alkanes) is 11. The molecule has 1 atom stereocenters. The smallest absolute Gasteiger partial charge is 0.303 e. The van der Waals surface area contributed by atoms with Crippen molar-refractivity contribution in [3.05, 3.63) is 60.8 Å². The number of carboxylic acids is 2. The van der Waals surface area contributed by atoms with Crippen molar-refractivity contribution in [2.45, 2.75) is 148 Å². The number of hydrogen-bond donors (Lipinski definition) is 2. The second kappa shape index (κ2) is 31.2. The Hall–Kier alpha value is -2.36. The normalized spacial score (nSPS) is 13.1. The summed E-state index contributed by atoms with van der Waals surface area (Å²) in [6, 6.07) is 0. The average molecular weight is 557 g/mol. The van der Waals surface area contributed by atoms with Gasteiger partial charge in [-0.05, 0) is 83.0 Å². The Kier molecular flexibility index (Phi) is 29.3. The average Bonchev–Trinajstić information content (AvgIpc) is 2.93. The lowest BCUT2D eigenvalue weighted by molar-refractivity contribution is -0.138. The molecule has 4 heteroatoms. The second-order valence-electron chi connectivity index (χ2n) is 10.9. The van der Waals surface area contributed by atoms with Crippen LogP contribution in [0.1, 0.15) is 148 Å². The van der Waals surface area contributed by atoms with Crippen LogP contribution in [0, 0.1) is 5.92 Å². The SMILES string of the molecule is CCCCCC=CCC=CCC=CCC(CCCCCC=CCC=CCCCCCCCC(=O)O)CCC(=O)O. The van der Waals surface area contributed by atoms with Gasteiger partial charge in [0.25, 0.3) is 0 Å². The van der Waals surface area contributed by atoms with Crippen molar-refractivity contribution in [2.75, 3.05) is 0 Å². The summed E-state index contributed by atoms with van der Waals surface area (Å²) >= 11 is 0. The van der Waals surface area contributed by atoms with Crippen molar-refractivity contribution >= 4 is 11.9 Å². The van der Waals surface area contributed by atoms with Crippen LogP contribution in [-0.4, -0.2) is 22.2 Å².